The first-order valence-electron chi connectivity index (χ1n) is 13.2. The second-order valence-electron chi connectivity index (χ2n) is 10.0. The maximum Gasteiger partial charge on any atom is 0.322 e. The van der Waals surface area contributed by atoms with Crippen molar-refractivity contribution in [2.75, 3.05) is 17.8 Å². The second kappa shape index (κ2) is 12.4. The Morgan fingerprint density at radius 1 is 0.927 bits per heavy atom. The van der Waals surface area contributed by atoms with E-state index in [-0.39, 0.29) is 24.9 Å². The Kier molecular flexibility index (Phi) is 8.71. The number of carbonyl (C=O) groups is 1. The number of hydrogen-bond donors (Lipinski definition) is 1. The highest BCUT2D eigenvalue weighted by Gasteiger charge is 2.24. The summed E-state index contributed by atoms with van der Waals surface area (Å²) in [4.78, 5) is 21.2. The van der Waals surface area contributed by atoms with Crippen molar-refractivity contribution in [1.29, 1.82) is 0 Å². The molecule has 210 valence electrons. The number of furan rings is 1. The second-order valence-corrected chi connectivity index (χ2v) is 11.7. The van der Waals surface area contributed by atoms with Crippen LogP contribution in [-0.2, 0) is 13.1 Å². The molecular formula is C33H32FN3O2S2. The minimum absolute atomic E-state index is 0.182. The first kappa shape index (κ1) is 28.8. The third-order valence-electron chi connectivity index (χ3n) is 6.86. The molecule has 0 aliphatic heterocycles. The Labute approximate surface area is 248 Å². The van der Waals surface area contributed by atoms with Crippen molar-refractivity contribution in [3.05, 3.63) is 107 Å². The molecule has 0 fully saturated rings. The quantitative estimate of drug-likeness (QED) is 0.184. The number of pyridine rings is 1. The Morgan fingerprint density at radius 2 is 1.68 bits per heavy atom. The van der Waals surface area contributed by atoms with Crippen molar-refractivity contribution >= 4 is 46.2 Å². The average molecular weight is 586 g/mol. The van der Waals surface area contributed by atoms with E-state index in [2.05, 4.69) is 54.5 Å². The number of aryl methyl sites for hydroxylation is 3. The molecule has 0 saturated carbocycles. The first-order valence-corrected chi connectivity index (χ1v) is 15.7. The van der Waals surface area contributed by atoms with Gasteiger partial charge in [0.25, 0.3) is 0 Å². The van der Waals surface area contributed by atoms with Crippen LogP contribution in [0.5, 0.6) is 0 Å². The number of nitrogens with zero attached hydrogens (tertiary/aromatic N) is 2. The first-order chi connectivity index (χ1) is 19.7. The summed E-state index contributed by atoms with van der Waals surface area (Å²) in [5, 5.41) is 4.86. The molecule has 2 aromatic heterocycles. The SMILES string of the molecule is CSc1cc(C)nc(SC)c1NC(=O)N(Cc1cccc(F)c1)Cc1oc2ccc(C)cc2c1-c1ccc(C)cc1. The van der Waals surface area contributed by atoms with Gasteiger partial charge in [-0.3, -0.25) is 0 Å². The van der Waals surface area contributed by atoms with Crippen LogP contribution >= 0.6 is 23.5 Å². The predicted octanol–water partition coefficient (Wildman–Crippen LogP) is 9.24. The van der Waals surface area contributed by atoms with Gasteiger partial charge >= 0.3 is 6.03 Å². The maximum atomic E-state index is 14.2. The van der Waals surface area contributed by atoms with Gasteiger partial charge in [-0.2, -0.15) is 0 Å². The van der Waals surface area contributed by atoms with Crippen LogP contribution in [0, 0.1) is 26.6 Å². The lowest BCUT2D eigenvalue weighted by molar-refractivity contribution is 0.201. The monoisotopic (exact) mass is 585 g/mol. The van der Waals surface area contributed by atoms with Gasteiger partial charge < -0.3 is 14.6 Å². The van der Waals surface area contributed by atoms with E-state index < -0.39 is 0 Å². The fraction of sp³-hybridized carbons (Fsp3) is 0.212. The van der Waals surface area contributed by atoms with Gasteiger partial charge in [0.1, 0.15) is 22.2 Å². The number of anilines is 1. The largest absolute Gasteiger partial charge is 0.459 e. The van der Waals surface area contributed by atoms with Gasteiger partial charge in [0.15, 0.2) is 0 Å². The zero-order valence-electron chi connectivity index (χ0n) is 23.7. The average Bonchev–Trinajstić information content (AvgIpc) is 3.30. The van der Waals surface area contributed by atoms with Gasteiger partial charge in [-0.15, -0.1) is 23.5 Å². The zero-order valence-corrected chi connectivity index (χ0v) is 25.4. The van der Waals surface area contributed by atoms with Crippen LogP contribution in [0.1, 0.15) is 28.1 Å². The van der Waals surface area contributed by atoms with Crippen molar-refractivity contribution in [2.45, 2.75) is 43.8 Å². The molecule has 5 rings (SSSR count). The van der Waals surface area contributed by atoms with Crippen molar-refractivity contribution in [3.8, 4) is 11.1 Å². The lowest BCUT2D eigenvalue weighted by atomic mass is 9.99. The van der Waals surface area contributed by atoms with Gasteiger partial charge in [0.05, 0.1) is 12.2 Å². The highest BCUT2D eigenvalue weighted by Crippen LogP contribution is 2.38. The van der Waals surface area contributed by atoms with Gasteiger partial charge in [0, 0.05) is 28.1 Å². The number of fused-ring (bicyclic) bond motifs is 1. The maximum absolute atomic E-state index is 14.2. The molecule has 0 aliphatic rings. The van der Waals surface area contributed by atoms with E-state index in [4.69, 9.17) is 4.42 Å². The van der Waals surface area contributed by atoms with Crippen LogP contribution in [0.15, 0.2) is 87.1 Å². The van der Waals surface area contributed by atoms with Crippen LogP contribution in [0.2, 0.25) is 0 Å². The molecule has 5 nitrogen and oxygen atoms in total. The number of halogens is 1. The smallest absolute Gasteiger partial charge is 0.322 e. The van der Waals surface area contributed by atoms with Crippen LogP contribution < -0.4 is 5.32 Å². The summed E-state index contributed by atoms with van der Waals surface area (Å²) >= 11 is 3.04. The van der Waals surface area contributed by atoms with Crippen molar-refractivity contribution < 1.29 is 13.6 Å². The summed E-state index contributed by atoms with van der Waals surface area (Å²) in [6.07, 6.45) is 3.92. The topological polar surface area (TPSA) is 58.4 Å². The predicted molar refractivity (Wildman–Crippen MR) is 168 cm³/mol. The van der Waals surface area contributed by atoms with Crippen LogP contribution in [0.3, 0.4) is 0 Å². The van der Waals surface area contributed by atoms with Crippen LogP contribution in [0.4, 0.5) is 14.9 Å². The summed E-state index contributed by atoms with van der Waals surface area (Å²) in [5.41, 5.74) is 7.23. The van der Waals surface area contributed by atoms with Gasteiger partial charge in [0.2, 0.25) is 0 Å². The van der Waals surface area contributed by atoms with Crippen molar-refractivity contribution in [1.82, 2.24) is 9.88 Å². The fourth-order valence-corrected chi connectivity index (χ4v) is 6.17. The molecular weight excluding hydrogens is 554 g/mol. The van der Waals surface area contributed by atoms with Gasteiger partial charge in [-0.25, -0.2) is 14.2 Å². The third-order valence-corrected chi connectivity index (χ3v) is 8.31. The number of thioether (sulfide) groups is 2. The van der Waals surface area contributed by atoms with E-state index >= 15 is 0 Å². The summed E-state index contributed by atoms with van der Waals surface area (Å²) < 4.78 is 20.6. The number of nitrogens with one attached hydrogen (secondary N) is 1. The number of hydrogen-bond acceptors (Lipinski definition) is 5. The number of carbonyl (C=O) groups excluding carboxylic acids is 1. The molecule has 0 spiro atoms. The number of benzene rings is 3. The highest BCUT2D eigenvalue weighted by atomic mass is 32.2. The Hall–Kier alpha value is -3.75. The van der Waals surface area contributed by atoms with E-state index in [1.54, 1.807) is 22.7 Å². The summed E-state index contributed by atoms with van der Waals surface area (Å²) in [6.45, 7) is 6.42. The molecule has 0 atom stereocenters. The number of amides is 2. The molecule has 41 heavy (non-hydrogen) atoms. The standard InChI is InChI=1S/C33H32FN3O2S2/c1-20-9-12-24(13-10-20)30-26-15-21(2)11-14-27(26)39-28(30)19-37(18-23-7-6-8-25(34)17-23)33(38)36-31-29(40-4)16-22(3)35-32(31)41-5/h6-17H,18-19H2,1-5H3,(H,36,38). The third kappa shape index (κ3) is 6.44. The number of rotatable bonds is 8. The minimum Gasteiger partial charge on any atom is -0.459 e. The molecule has 8 heteroatoms. The Bertz CT molecular complexity index is 1690. The lowest BCUT2D eigenvalue weighted by Crippen LogP contribution is -2.34. The van der Waals surface area contributed by atoms with Gasteiger partial charge in [-0.1, -0.05) is 53.6 Å². The van der Waals surface area contributed by atoms with E-state index in [1.807, 2.05) is 43.7 Å². The summed E-state index contributed by atoms with van der Waals surface area (Å²) in [7, 11) is 0. The van der Waals surface area contributed by atoms with Crippen LogP contribution in [0.25, 0.3) is 22.1 Å². The Balaban J connectivity index is 1.59. The van der Waals surface area contributed by atoms with Gasteiger partial charge in [-0.05, 0) is 74.7 Å². The van der Waals surface area contributed by atoms with Crippen molar-refractivity contribution in [3.63, 3.8) is 0 Å². The van der Waals surface area contributed by atoms with E-state index in [1.165, 1.54) is 23.9 Å². The van der Waals surface area contributed by atoms with E-state index in [0.29, 0.717) is 17.0 Å². The van der Waals surface area contributed by atoms with E-state index in [9.17, 15) is 9.18 Å². The lowest BCUT2D eigenvalue weighted by Gasteiger charge is -2.24. The molecule has 5 aromatic rings. The number of urea groups is 1. The molecule has 2 amide bonds. The van der Waals surface area contributed by atoms with E-state index in [0.717, 1.165) is 48.8 Å². The molecule has 0 bridgehead atoms. The normalized spacial score (nSPS) is 11.2. The molecule has 1 N–H and O–H groups in total. The molecule has 0 unspecified atom stereocenters. The molecule has 0 saturated heterocycles. The molecule has 0 aliphatic carbocycles. The summed E-state index contributed by atoms with van der Waals surface area (Å²) in [6, 6.07) is 22.4. The molecule has 0 radical (unpaired) electrons. The zero-order chi connectivity index (χ0) is 29.1. The Morgan fingerprint density at radius 3 is 2.39 bits per heavy atom. The fourth-order valence-electron chi connectivity index (χ4n) is 4.86. The molecule has 3 aromatic carbocycles. The minimum atomic E-state index is -0.348. The number of aromatic nitrogens is 1. The summed E-state index contributed by atoms with van der Waals surface area (Å²) in [5.74, 6) is 0.317. The van der Waals surface area contributed by atoms with Crippen molar-refractivity contribution in [2.24, 2.45) is 0 Å². The highest BCUT2D eigenvalue weighted by molar-refractivity contribution is 7.99. The van der Waals surface area contributed by atoms with Crippen LogP contribution in [-0.4, -0.2) is 28.4 Å². The molecule has 2 heterocycles.